The number of hydrogen-bond donors (Lipinski definition) is 1. The van der Waals surface area contributed by atoms with Gasteiger partial charge in [0.05, 0.1) is 6.54 Å². The molecule has 1 aliphatic heterocycles. The Bertz CT molecular complexity index is 422. The van der Waals surface area contributed by atoms with Crippen LogP contribution in [0, 0.1) is 5.82 Å². The van der Waals surface area contributed by atoms with E-state index in [0.717, 1.165) is 25.9 Å². The average Bonchev–Trinajstić information content (AvgIpc) is 2.32. The van der Waals surface area contributed by atoms with Crippen LogP contribution in [0.15, 0.2) is 24.3 Å². The van der Waals surface area contributed by atoms with Crippen molar-refractivity contribution in [3.63, 3.8) is 0 Å². The van der Waals surface area contributed by atoms with Crippen molar-refractivity contribution in [1.29, 1.82) is 0 Å². The monoisotopic (exact) mass is 250 g/mol. The second-order valence-corrected chi connectivity index (χ2v) is 4.94. The number of halogens is 1. The second-order valence-electron chi connectivity index (χ2n) is 4.94. The Hall–Kier alpha value is -1.26. The maximum atomic E-state index is 13.4. The molecule has 0 aliphatic carbocycles. The van der Waals surface area contributed by atoms with Gasteiger partial charge in [-0.15, -0.1) is 0 Å². The first-order valence-corrected chi connectivity index (χ1v) is 6.38. The maximum Gasteiger partial charge on any atom is 0.151 e. The minimum absolute atomic E-state index is 0.0502. The molecule has 1 heterocycles. The van der Waals surface area contributed by atoms with E-state index < -0.39 is 0 Å². The second kappa shape index (κ2) is 6.07. The Labute approximate surface area is 107 Å². The van der Waals surface area contributed by atoms with Crippen molar-refractivity contribution in [3.8, 4) is 0 Å². The third-order valence-corrected chi connectivity index (χ3v) is 3.29. The molecule has 1 aromatic carbocycles. The van der Waals surface area contributed by atoms with Crippen molar-refractivity contribution in [2.24, 2.45) is 5.73 Å². The molecule has 1 fully saturated rings. The highest BCUT2D eigenvalue weighted by atomic mass is 19.1. The van der Waals surface area contributed by atoms with Gasteiger partial charge in [-0.3, -0.25) is 9.69 Å². The number of nitrogens with zero attached hydrogens (tertiary/aromatic N) is 1. The zero-order chi connectivity index (χ0) is 13.0. The summed E-state index contributed by atoms with van der Waals surface area (Å²) in [6.07, 6.45) is 2.23. The molecular weight excluding hydrogens is 231 g/mol. The molecule has 0 bridgehead atoms. The maximum absolute atomic E-state index is 13.4. The minimum Gasteiger partial charge on any atom is -0.327 e. The van der Waals surface area contributed by atoms with Crippen LogP contribution >= 0.6 is 0 Å². The summed E-state index contributed by atoms with van der Waals surface area (Å²) in [5.41, 5.74) is 6.34. The van der Waals surface area contributed by atoms with E-state index in [1.54, 1.807) is 18.2 Å². The highest BCUT2D eigenvalue weighted by Crippen LogP contribution is 2.10. The third kappa shape index (κ3) is 3.62. The van der Waals surface area contributed by atoms with E-state index >= 15 is 0 Å². The molecule has 1 atom stereocenters. The molecule has 0 radical (unpaired) electrons. The molecule has 1 saturated heterocycles. The summed E-state index contributed by atoms with van der Waals surface area (Å²) in [6, 6.07) is 6.60. The standard InChI is InChI=1S/C14H19FN2O/c15-14-6-2-1-4-11(14)8-13(18)10-17-7-3-5-12(16)9-17/h1-2,4,6,12H,3,5,7-10,16H2. The van der Waals surface area contributed by atoms with Crippen LogP contribution in [0.5, 0.6) is 0 Å². The molecule has 1 unspecified atom stereocenters. The lowest BCUT2D eigenvalue weighted by Gasteiger charge is -2.29. The van der Waals surface area contributed by atoms with Crippen LogP contribution in [0.2, 0.25) is 0 Å². The number of nitrogens with two attached hydrogens (primary N) is 1. The molecule has 98 valence electrons. The van der Waals surface area contributed by atoms with E-state index in [-0.39, 0.29) is 24.1 Å². The molecule has 1 aliphatic rings. The number of Topliss-reactive ketones (excluding diaryl/α,β-unsaturated/α-hetero) is 1. The Morgan fingerprint density at radius 1 is 1.44 bits per heavy atom. The lowest BCUT2D eigenvalue weighted by atomic mass is 10.0. The number of likely N-dealkylation sites (tertiary alicyclic amines) is 1. The smallest absolute Gasteiger partial charge is 0.151 e. The summed E-state index contributed by atoms with van der Waals surface area (Å²) < 4.78 is 13.4. The van der Waals surface area contributed by atoms with Crippen LogP contribution in [0.4, 0.5) is 4.39 Å². The van der Waals surface area contributed by atoms with Gasteiger partial charge in [0.15, 0.2) is 5.78 Å². The molecule has 4 heteroatoms. The minimum atomic E-state index is -0.304. The van der Waals surface area contributed by atoms with Gasteiger partial charge in [0.1, 0.15) is 5.82 Å². The highest BCUT2D eigenvalue weighted by molar-refractivity contribution is 5.82. The fourth-order valence-corrected chi connectivity index (χ4v) is 2.39. The molecule has 0 spiro atoms. The number of ketones is 1. The van der Waals surface area contributed by atoms with Crippen molar-refractivity contribution in [1.82, 2.24) is 4.90 Å². The fourth-order valence-electron chi connectivity index (χ4n) is 2.39. The Balaban J connectivity index is 1.87. The van der Waals surface area contributed by atoms with Crippen molar-refractivity contribution >= 4 is 5.78 Å². The summed E-state index contributed by atoms with van der Waals surface area (Å²) in [4.78, 5) is 14.0. The van der Waals surface area contributed by atoms with Crippen LogP contribution in [-0.4, -0.2) is 36.4 Å². The number of carbonyl (C=O) groups excluding carboxylic acids is 1. The molecule has 1 aromatic rings. The summed E-state index contributed by atoms with van der Waals surface area (Å²) in [6.45, 7) is 2.06. The van der Waals surface area contributed by atoms with E-state index in [1.807, 2.05) is 0 Å². The summed E-state index contributed by atoms with van der Waals surface area (Å²) in [5, 5.41) is 0. The first-order chi connectivity index (χ1) is 8.65. The first-order valence-electron chi connectivity index (χ1n) is 6.38. The molecule has 2 rings (SSSR count). The Morgan fingerprint density at radius 3 is 2.94 bits per heavy atom. The topological polar surface area (TPSA) is 46.3 Å². The van der Waals surface area contributed by atoms with Crippen LogP contribution in [0.3, 0.4) is 0 Å². The number of hydrogen-bond acceptors (Lipinski definition) is 3. The van der Waals surface area contributed by atoms with Gasteiger partial charge in [0.25, 0.3) is 0 Å². The van der Waals surface area contributed by atoms with Crippen LogP contribution in [0.25, 0.3) is 0 Å². The summed E-state index contributed by atoms with van der Waals surface area (Å²) in [7, 11) is 0. The highest BCUT2D eigenvalue weighted by Gasteiger charge is 2.19. The van der Waals surface area contributed by atoms with Gasteiger partial charge in [-0.1, -0.05) is 18.2 Å². The van der Waals surface area contributed by atoms with Gasteiger partial charge in [-0.25, -0.2) is 4.39 Å². The number of benzene rings is 1. The van der Waals surface area contributed by atoms with Crippen molar-refractivity contribution in [2.75, 3.05) is 19.6 Å². The van der Waals surface area contributed by atoms with Gasteiger partial charge in [0.2, 0.25) is 0 Å². The predicted molar refractivity (Wildman–Crippen MR) is 68.8 cm³/mol. The number of rotatable bonds is 4. The Morgan fingerprint density at radius 2 is 2.22 bits per heavy atom. The summed E-state index contributed by atoms with van der Waals surface area (Å²) >= 11 is 0. The van der Waals surface area contributed by atoms with E-state index in [4.69, 9.17) is 5.73 Å². The lowest BCUT2D eigenvalue weighted by molar-refractivity contribution is -0.119. The zero-order valence-corrected chi connectivity index (χ0v) is 10.4. The van der Waals surface area contributed by atoms with Gasteiger partial charge < -0.3 is 5.73 Å². The van der Waals surface area contributed by atoms with Crippen molar-refractivity contribution in [3.05, 3.63) is 35.6 Å². The largest absolute Gasteiger partial charge is 0.327 e. The molecular formula is C14H19FN2O. The van der Waals surface area contributed by atoms with E-state index in [1.165, 1.54) is 6.07 Å². The van der Waals surface area contributed by atoms with E-state index in [0.29, 0.717) is 12.1 Å². The zero-order valence-electron chi connectivity index (χ0n) is 10.4. The quantitative estimate of drug-likeness (QED) is 0.877. The van der Waals surface area contributed by atoms with Crippen LogP contribution in [-0.2, 0) is 11.2 Å². The first kappa shape index (κ1) is 13.2. The Kier molecular flexibility index (Phi) is 4.44. The van der Waals surface area contributed by atoms with Gasteiger partial charge in [-0.05, 0) is 31.0 Å². The molecule has 0 amide bonds. The molecule has 0 saturated carbocycles. The van der Waals surface area contributed by atoms with Gasteiger partial charge in [-0.2, -0.15) is 0 Å². The summed E-state index contributed by atoms with van der Waals surface area (Å²) in [5.74, 6) is -0.254. The van der Waals surface area contributed by atoms with Crippen molar-refractivity contribution in [2.45, 2.75) is 25.3 Å². The molecule has 18 heavy (non-hydrogen) atoms. The molecule has 2 N–H and O–H groups in total. The van der Waals surface area contributed by atoms with Crippen molar-refractivity contribution < 1.29 is 9.18 Å². The van der Waals surface area contributed by atoms with Gasteiger partial charge in [0, 0.05) is 19.0 Å². The molecule has 0 aromatic heterocycles. The average molecular weight is 250 g/mol. The van der Waals surface area contributed by atoms with E-state index in [9.17, 15) is 9.18 Å². The molecule has 3 nitrogen and oxygen atoms in total. The number of carbonyl (C=O) groups is 1. The fraction of sp³-hybridized carbons (Fsp3) is 0.500. The predicted octanol–water partition coefficient (Wildman–Crippen LogP) is 1.36. The SMILES string of the molecule is NC1CCCN(CC(=O)Cc2ccccc2F)C1. The lowest BCUT2D eigenvalue weighted by Crippen LogP contribution is -2.45. The van der Waals surface area contributed by atoms with Crippen LogP contribution < -0.4 is 5.73 Å². The number of piperidine rings is 1. The third-order valence-electron chi connectivity index (χ3n) is 3.29. The van der Waals surface area contributed by atoms with E-state index in [2.05, 4.69) is 4.90 Å². The normalized spacial score (nSPS) is 20.9. The van der Waals surface area contributed by atoms with Gasteiger partial charge >= 0.3 is 0 Å². The van der Waals surface area contributed by atoms with Crippen LogP contribution in [0.1, 0.15) is 18.4 Å².